The van der Waals surface area contributed by atoms with E-state index in [0.29, 0.717) is 12.1 Å². The first-order valence-electron chi connectivity index (χ1n) is 8.15. The predicted octanol–water partition coefficient (Wildman–Crippen LogP) is 3.66. The Labute approximate surface area is 131 Å². The fourth-order valence-electron chi connectivity index (χ4n) is 3.31. The summed E-state index contributed by atoms with van der Waals surface area (Å²) >= 11 is 1.72. The van der Waals surface area contributed by atoms with Gasteiger partial charge >= 0.3 is 0 Å². The predicted molar refractivity (Wildman–Crippen MR) is 90.3 cm³/mol. The quantitative estimate of drug-likeness (QED) is 0.884. The molecular weight excluding hydrogens is 280 g/mol. The topological polar surface area (TPSA) is 32.6 Å². The molecule has 2 aromatic heterocycles. The molecule has 0 bridgehead atoms. The highest BCUT2D eigenvalue weighted by atomic mass is 32.1. The van der Waals surface area contributed by atoms with E-state index in [-0.39, 0.29) is 0 Å². The van der Waals surface area contributed by atoms with Crippen molar-refractivity contribution >= 4 is 22.1 Å². The highest BCUT2D eigenvalue weighted by Crippen LogP contribution is 2.31. The summed E-state index contributed by atoms with van der Waals surface area (Å²) < 4.78 is 2.26. The van der Waals surface area contributed by atoms with Gasteiger partial charge in [0.1, 0.15) is 0 Å². The number of nitrogens with zero attached hydrogens (tertiary/aromatic N) is 3. The maximum Gasteiger partial charge on any atom is 0.195 e. The summed E-state index contributed by atoms with van der Waals surface area (Å²) in [5.74, 6) is 1.20. The lowest BCUT2D eigenvalue weighted by Gasteiger charge is -2.29. The van der Waals surface area contributed by atoms with Crippen molar-refractivity contribution in [1.82, 2.24) is 14.7 Å². The van der Waals surface area contributed by atoms with Crippen LogP contribution >= 0.6 is 11.3 Å². The third-order valence-electron chi connectivity index (χ3n) is 4.40. The molecule has 1 N–H and O–H groups in total. The number of aromatic nitrogens is 2. The minimum absolute atomic E-state index is 0.489. The number of rotatable bonds is 6. The molecule has 3 rings (SSSR count). The zero-order chi connectivity index (χ0) is 14.8. The Bertz CT molecular complexity index is 580. The lowest BCUT2D eigenvalue weighted by atomic mass is 10.2. The highest BCUT2D eigenvalue weighted by Gasteiger charge is 2.26. The normalized spacial score (nSPS) is 16.4. The highest BCUT2D eigenvalue weighted by molar-refractivity contribution is 7.15. The van der Waals surface area contributed by atoms with E-state index in [9.17, 15) is 0 Å². The van der Waals surface area contributed by atoms with Crippen molar-refractivity contribution in [2.24, 2.45) is 0 Å². The number of thiazole rings is 1. The third-order valence-corrected chi connectivity index (χ3v) is 5.15. The van der Waals surface area contributed by atoms with E-state index in [1.165, 1.54) is 37.2 Å². The van der Waals surface area contributed by atoms with Crippen LogP contribution in [0.1, 0.15) is 52.1 Å². The molecule has 2 heterocycles. The zero-order valence-corrected chi connectivity index (χ0v) is 14.1. The Morgan fingerprint density at radius 1 is 1.43 bits per heavy atom. The van der Waals surface area contributed by atoms with E-state index in [2.05, 4.69) is 47.0 Å². The van der Waals surface area contributed by atoms with E-state index >= 15 is 0 Å². The molecule has 0 amide bonds. The van der Waals surface area contributed by atoms with Gasteiger partial charge in [-0.2, -0.15) is 0 Å². The summed E-state index contributed by atoms with van der Waals surface area (Å²) in [6.07, 6.45) is 7.51. The van der Waals surface area contributed by atoms with Crippen molar-refractivity contribution in [2.45, 2.75) is 65.1 Å². The molecule has 0 spiro atoms. The average Bonchev–Trinajstić information content (AvgIpc) is 3.14. The number of hydrogen-bond donors (Lipinski definition) is 1. The molecule has 1 saturated carbocycles. The number of nitrogens with one attached hydrogen (secondary N) is 1. The van der Waals surface area contributed by atoms with Crippen molar-refractivity contribution in [2.75, 3.05) is 11.4 Å². The first-order chi connectivity index (χ1) is 10.2. The smallest absolute Gasteiger partial charge is 0.195 e. The molecule has 1 aliphatic carbocycles. The molecule has 5 heteroatoms. The second-order valence-corrected chi connectivity index (χ2v) is 7.07. The molecular formula is C16H26N4S. The Morgan fingerprint density at radius 3 is 2.86 bits per heavy atom. The van der Waals surface area contributed by atoms with Crippen LogP contribution in [0.15, 0.2) is 11.6 Å². The summed E-state index contributed by atoms with van der Waals surface area (Å²) in [7, 11) is 0. The van der Waals surface area contributed by atoms with Crippen LogP contribution in [-0.2, 0) is 6.54 Å². The molecule has 0 aromatic carbocycles. The molecule has 0 saturated heterocycles. The van der Waals surface area contributed by atoms with Gasteiger partial charge in [0.2, 0.25) is 0 Å². The average molecular weight is 306 g/mol. The van der Waals surface area contributed by atoms with E-state index in [4.69, 9.17) is 4.98 Å². The number of fused-ring (bicyclic) bond motifs is 1. The summed E-state index contributed by atoms with van der Waals surface area (Å²) in [5.41, 5.74) is 1.31. The minimum atomic E-state index is 0.489. The van der Waals surface area contributed by atoms with Gasteiger partial charge in [0.05, 0.1) is 5.69 Å². The lowest BCUT2D eigenvalue weighted by Crippen LogP contribution is -2.35. The molecule has 0 atom stereocenters. The van der Waals surface area contributed by atoms with Crippen LogP contribution in [0.4, 0.5) is 5.82 Å². The van der Waals surface area contributed by atoms with Gasteiger partial charge in [-0.15, -0.1) is 11.3 Å². The summed E-state index contributed by atoms with van der Waals surface area (Å²) in [4.78, 5) is 8.58. The molecule has 0 unspecified atom stereocenters. The molecule has 116 valence electrons. The van der Waals surface area contributed by atoms with Crippen LogP contribution in [0.25, 0.3) is 4.96 Å². The van der Waals surface area contributed by atoms with Gasteiger partial charge in [0.25, 0.3) is 0 Å². The van der Waals surface area contributed by atoms with Crippen LogP contribution in [0.5, 0.6) is 0 Å². The van der Waals surface area contributed by atoms with Gasteiger partial charge in [-0.25, -0.2) is 4.98 Å². The van der Waals surface area contributed by atoms with Crippen LogP contribution in [0.3, 0.4) is 0 Å². The van der Waals surface area contributed by atoms with Gasteiger partial charge in [-0.05, 0) is 19.8 Å². The SMILES string of the molecule is CCN(c1nc2sccn2c1CNC(C)C)C1CCCC1. The van der Waals surface area contributed by atoms with Gasteiger partial charge in [0, 0.05) is 36.8 Å². The van der Waals surface area contributed by atoms with Crippen LogP contribution in [-0.4, -0.2) is 28.0 Å². The van der Waals surface area contributed by atoms with Gasteiger partial charge in [-0.1, -0.05) is 26.7 Å². The number of imidazole rings is 1. The lowest BCUT2D eigenvalue weighted by molar-refractivity contribution is 0.570. The third kappa shape index (κ3) is 2.94. The molecule has 0 aliphatic heterocycles. The van der Waals surface area contributed by atoms with Crippen molar-refractivity contribution in [3.63, 3.8) is 0 Å². The Morgan fingerprint density at radius 2 is 2.19 bits per heavy atom. The molecule has 1 fully saturated rings. The van der Waals surface area contributed by atoms with Crippen molar-refractivity contribution in [3.05, 3.63) is 17.3 Å². The molecule has 21 heavy (non-hydrogen) atoms. The van der Waals surface area contributed by atoms with E-state index in [1.807, 2.05) is 0 Å². The fraction of sp³-hybridized carbons (Fsp3) is 0.688. The van der Waals surface area contributed by atoms with E-state index in [0.717, 1.165) is 18.1 Å². The van der Waals surface area contributed by atoms with Crippen LogP contribution in [0.2, 0.25) is 0 Å². The van der Waals surface area contributed by atoms with Gasteiger partial charge in [-0.3, -0.25) is 4.40 Å². The van der Waals surface area contributed by atoms with Gasteiger partial charge in [0.15, 0.2) is 10.8 Å². The first-order valence-corrected chi connectivity index (χ1v) is 9.03. The maximum absolute atomic E-state index is 4.93. The van der Waals surface area contributed by atoms with Gasteiger partial charge < -0.3 is 10.2 Å². The summed E-state index contributed by atoms with van der Waals surface area (Å²) in [6.45, 7) is 8.57. The molecule has 0 radical (unpaired) electrons. The van der Waals surface area contributed by atoms with Crippen LogP contribution in [0, 0.1) is 0 Å². The second kappa shape index (κ2) is 6.36. The number of hydrogen-bond acceptors (Lipinski definition) is 4. The Hall–Kier alpha value is -1.07. The monoisotopic (exact) mass is 306 g/mol. The van der Waals surface area contributed by atoms with Crippen molar-refractivity contribution in [1.29, 1.82) is 0 Å². The standard InChI is InChI=1S/C16H26N4S/c1-4-19(13-7-5-6-8-13)15-14(11-17-12(2)3)20-9-10-21-16(20)18-15/h9-10,12-13,17H,4-8,11H2,1-3H3. The number of anilines is 1. The first kappa shape index (κ1) is 14.9. The second-order valence-electron chi connectivity index (χ2n) is 6.20. The Kier molecular flexibility index (Phi) is 4.50. The minimum Gasteiger partial charge on any atom is -0.352 e. The summed E-state index contributed by atoms with van der Waals surface area (Å²) in [5, 5.41) is 5.68. The maximum atomic E-state index is 4.93. The molecule has 2 aromatic rings. The summed E-state index contributed by atoms with van der Waals surface area (Å²) in [6, 6.07) is 1.17. The van der Waals surface area contributed by atoms with E-state index < -0.39 is 0 Å². The fourth-order valence-corrected chi connectivity index (χ4v) is 4.04. The Balaban J connectivity index is 1.94. The van der Waals surface area contributed by atoms with E-state index in [1.54, 1.807) is 11.3 Å². The van der Waals surface area contributed by atoms with Crippen LogP contribution < -0.4 is 10.2 Å². The molecule has 4 nitrogen and oxygen atoms in total. The molecule has 1 aliphatic rings. The van der Waals surface area contributed by atoms with Crippen molar-refractivity contribution in [3.8, 4) is 0 Å². The largest absolute Gasteiger partial charge is 0.352 e. The zero-order valence-electron chi connectivity index (χ0n) is 13.3. The van der Waals surface area contributed by atoms with Crippen molar-refractivity contribution < 1.29 is 0 Å².